The maximum Gasteiger partial charge on any atom is 0.266 e. The molecule has 0 aromatic rings. The van der Waals surface area contributed by atoms with Crippen LogP contribution < -0.4 is 0 Å². The SMILES string of the molecule is CC1([N+](=O)[O-])C=CC=CC1O. The summed E-state index contributed by atoms with van der Waals surface area (Å²) in [4.78, 5) is 9.96. The van der Waals surface area contributed by atoms with Gasteiger partial charge in [-0.25, -0.2) is 0 Å². The summed E-state index contributed by atoms with van der Waals surface area (Å²) in [6.07, 6.45) is 4.92. The Balaban J connectivity index is 2.94. The molecule has 0 aromatic heterocycles. The third-order valence-electron chi connectivity index (χ3n) is 1.83. The van der Waals surface area contributed by atoms with Crippen LogP contribution in [0.4, 0.5) is 0 Å². The third-order valence-corrected chi connectivity index (χ3v) is 1.83. The zero-order valence-corrected chi connectivity index (χ0v) is 6.10. The molecule has 1 aliphatic carbocycles. The lowest BCUT2D eigenvalue weighted by Gasteiger charge is -2.22. The Morgan fingerprint density at radius 3 is 2.64 bits per heavy atom. The van der Waals surface area contributed by atoms with E-state index in [2.05, 4.69) is 0 Å². The van der Waals surface area contributed by atoms with Gasteiger partial charge in [0, 0.05) is 11.8 Å². The van der Waals surface area contributed by atoms with Gasteiger partial charge in [-0.2, -0.15) is 0 Å². The van der Waals surface area contributed by atoms with Gasteiger partial charge in [0.25, 0.3) is 5.54 Å². The van der Waals surface area contributed by atoms with E-state index in [1.54, 1.807) is 12.2 Å². The van der Waals surface area contributed by atoms with Gasteiger partial charge in [-0.3, -0.25) is 10.1 Å². The fourth-order valence-electron chi connectivity index (χ4n) is 0.882. The number of rotatable bonds is 1. The highest BCUT2D eigenvalue weighted by atomic mass is 16.6. The van der Waals surface area contributed by atoms with E-state index >= 15 is 0 Å². The molecule has 11 heavy (non-hydrogen) atoms. The fourth-order valence-corrected chi connectivity index (χ4v) is 0.882. The Morgan fingerprint density at radius 1 is 1.64 bits per heavy atom. The monoisotopic (exact) mass is 155 g/mol. The van der Waals surface area contributed by atoms with Gasteiger partial charge in [-0.05, 0) is 12.2 Å². The van der Waals surface area contributed by atoms with E-state index in [9.17, 15) is 15.2 Å². The molecule has 0 saturated heterocycles. The first-order chi connectivity index (χ1) is 5.07. The zero-order valence-electron chi connectivity index (χ0n) is 6.10. The summed E-state index contributed by atoms with van der Waals surface area (Å²) in [6.45, 7) is 1.39. The van der Waals surface area contributed by atoms with Gasteiger partial charge in [0.05, 0.1) is 0 Å². The predicted molar refractivity (Wildman–Crippen MR) is 39.7 cm³/mol. The predicted octanol–water partition coefficient (Wildman–Crippen LogP) is 0.509. The lowest BCUT2D eigenvalue weighted by atomic mass is 9.91. The fraction of sp³-hybridized carbons (Fsp3) is 0.429. The highest BCUT2D eigenvalue weighted by molar-refractivity contribution is 5.21. The second kappa shape index (κ2) is 2.47. The number of nitrogens with zero attached hydrogens (tertiary/aromatic N) is 1. The molecule has 1 N–H and O–H groups in total. The number of hydrogen-bond donors (Lipinski definition) is 1. The smallest absolute Gasteiger partial charge is 0.266 e. The molecular weight excluding hydrogens is 146 g/mol. The highest BCUT2D eigenvalue weighted by Gasteiger charge is 2.42. The van der Waals surface area contributed by atoms with Crippen LogP contribution >= 0.6 is 0 Å². The summed E-state index contributed by atoms with van der Waals surface area (Å²) in [7, 11) is 0. The van der Waals surface area contributed by atoms with Crippen molar-refractivity contribution < 1.29 is 10.0 Å². The first-order valence-electron chi connectivity index (χ1n) is 3.26. The van der Waals surface area contributed by atoms with E-state index in [-0.39, 0.29) is 0 Å². The highest BCUT2D eigenvalue weighted by Crippen LogP contribution is 2.20. The van der Waals surface area contributed by atoms with Crippen LogP contribution in [0.5, 0.6) is 0 Å². The average molecular weight is 155 g/mol. The molecule has 0 saturated carbocycles. The van der Waals surface area contributed by atoms with Crippen molar-refractivity contribution >= 4 is 0 Å². The first-order valence-corrected chi connectivity index (χ1v) is 3.26. The van der Waals surface area contributed by atoms with E-state index in [1.807, 2.05) is 0 Å². The Hall–Kier alpha value is -1.16. The normalized spacial score (nSPS) is 35.6. The second-order valence-electron chi connectivity index (χ2n) is 2.67. The molecule has 0 aromatic carbocycles. The van der Waals surface area contributed by atoms with Gasteiger partial charge < -0.3 is 5.11 Å². The number of aliphatic hydroxyl groups excluding tert-OH is 1. The Bertz CT molecular complexity index is 234. The molecule has 0 heterocycles. The number of allylic oxidation sites excluding steroid dienone is 2. The molecular formula is C7H9NO3. The van der Waals surface area contributed by atoms with Crippen LogP contribution in [0, 0.1) is 10.1 Å². The van der Waals surface area contributed by atoms with E-state index in [0.717, 1.165) is 0 Å². The van der Waals surface area contributed by atoms with E-state index < -0.39 is 16.6 Å². The average Bonchev–Trinajstić information content (AvgIpc) is 1.95. The molecule has 1 aliphatic rings. The molecule has 0 spiro atoms. The number of nitro groups is 1. The van der Waals surface area contributed by atoms with Gasteiger partial charge in [-0.15, -0.1) is 0 Å². The molecule has 0 radical (unpaired) electrons. The van der Waals surface area contributed by atoms with Crippen LogP contribution in [-0.4, -0.2) is 21.7 Å². The van der Waals surface area contributed by atoms with E-state index in [0.29, 0.717) is 0 Å². The molecule has 2 unspecified atom stereocenters. The summed E-state index contributed by atoms with van der Waals surface area (Å²) in [5, 5.41) is 19.7. The van der Waals surface area contributed by atoms with E-state index in [1.165, 1.54) is 19.1 Å². The van der Waals surface area contributed by atoms with Crippen LogP contribution in [0.15, 0.2) is 24.3 Å². The van der Waals surface area contributed by atoms with Crippen LogP contribution in [-0.2, 0) is 0 Å². The van der Waals surface area contributed by atoms with Crippen molar-refractivity contribution in [1.29, 1.82) is 0 Å². The summed E-state index contributed by atoms with van der Waals surface area (Å²) in [5.74, 6) is 0. The second-order valence-corrected chi connectivity index (χ2v) is 2.67. The Kier molecular flexibility index (Phi) is 1.78. The third kappa shape index (κ3) is 1.17. The van der Waals surface area contributed by atoms with Crippen molar-refractivity contribution in [3.05, 3.63) is 34.4 Å². The molecule has 0 fully saturated rings. The molecule has 60 valence electrons. The maximum atomic E-state index is 10.4. The summed E-state index contributed by atoms with van der Waals surface area (Å²) < 4.78 is 0. The quantitative estimate of drug-likeness (QED) is 0.443. The summed E-state index contributed by atoms with van der Waals surface area (Å²) in [6, 6.07) is 0. The van der Waals surface area contributed by atoms with Crippen molar-refractivity contribution in [3.63, 3.8) is 0 Å². The molecule has 0 aliphatic heterocycles. The van der Waals surface area contributed by atoms with Crippen molar-refractivity contribution in [2.24, 2.45) is 0 Å². The molecule has 1 rings (SSSR count). The number of hydrogen-bond acceptors (Lipinski definition) is 3. The van der Waals surface area contributed by atoms with Crippen molar-refractivity contribution in [1.82, 2.24) is 0 Å². The van der Waals surface area contributed by atoms with Crippen LogP contribution in [0.1, 0.15) is 6.92 Å². The maximum absolute atomic E-state index is 10.4. The van der Waals surface area contributed by atoms with Crippen LogP contribution in [0.3, 0.4) is 0 Å². The molecule has 4 nitrogen and oxygen atoms in total. The van der Waals surface area contributed by atoms with Crippen molar-refractivity contribution in [3.8, 4) is 0 Å². The lowest BCUT2D eigenvalue weighted by Crippen LogP contribution is -2.44. The Morgan fingerprint density at radius 2 is 2.27 bits per heavy atom. The van der Waals surface area contributed by atoms with Gasteiger partial charge in [0.15, 0.2) is 0 Å². The number of aliphatic hydroxyl groups is 1. The van der Waals surface area contributed by atoms with Gasteiger partial charge in [0.1, 0.15) is 6.10 Å². The topological polar surface area (TPSA) is 63.4 Å². The zero-order chi connectivity index (χ0) is 8.48. The van der Waals surface area contributed by atoms with Gasteiger partial charge in [-0.1, -0.05) is 12.2 Å². The van der Waals surface area contributed by atoms with Crippen LogP contribution in [0.25, 0.3) is 0 Å². The molecule has 4 heteroatoms. The standard InChI is InChI=1S/C7H9NO3/c1-7(8(10)11)5-3-2-4-6(7)9/h2-6,9H,1H3. The van der Waals surface area contributed by atoms with Crippen molar-refractivity contribution in [2.45, 2.75) is 18.6 Å². The minimum atomic E-state index is -1.35. The molecule has 0 bridgehead atoms. The van der Waals surface area contributed by atoms with Crippen LogP contribution in [0.2, 0.25) is 0 Å². The summed E-state index contributed by atoms with van der Waals surface area (Å²) in [5.41, 5.74) is -1.35. The van der Waals surface area contributed by atoms with Gasteiger partial charge in [0.2, 0.25) is 0 Å². The minimum Gasteiger partial charge on any atom is -0.381 e. The summed E-state index contributed by atoms with van der Waals surface area (Å²) >= 11 is 0. The first kappa shape index (κ1) is 7.94. The van der Waals surface area contributed by atoms with E-state index in [4.69, 9.17) is 0 Å². The van der Waals surface area contributed by atoms with Crippen molar-refractivity contribution in [2.75, 3.05) is 0 Å². The largest absolute Gasteiger partial charge is 0.381 e. The lowest BCUT2D eigenvalue weighted by molar-refractivity contribution is -0.560. The molecule has 2 atom stereocenters. The molecule has 0 amide bonds. The minimum absolute atomic E-state index is 0.488. The van der Waals surface area contributed by atoms with Gasteiger partial charge >= 0.3 is 0 Å². The Labute approximate surface area is 64.0 Å².